The number of halogens is 5. The first-order valence-electron chi connectivity index (χ1n) is 4.45. The van der Waals surface area contributed by atoms with Crippen molar-refractivity contribution in [1.82, 2.24) is 4.98 Å². The lowest BCUT2D eigenvalue weighted by Gasteiger charge is -2.08. The maximum Gasteiger partial charge on any atom is 0.152 e. The average molecular weight is 295 g/mol. The van der Waals surface area contributed by atoms with Crippen molar-refractivity contribution in [3.8, 4) is 11.3 Å². The number of hydrogen-bond donors (Lipinski definition) is 0. The quantitative estimate of drug-likeness (QED) is 0.675. The minimum Gasteiger partial charge on any atom is -0.250 e. The monoisotopic (exact) mass is 293 g/mol. The Labute approximate surface area is 111 Å². The zero-order chi connectivity index (χ0) is 12.6. The summed E-state index contributed by atoms with van der Waals surface area (Å²) in [7, 11) is 0. The fraction of sp³-hybridized carbons (Fsp3) is 0. The first kappa shape index (κ1) is 12.6. The van der Waals surface area contributed by atoms with Gasteiger partial charge in [-0.2, -0.15) is 0 Å². The van der Waals surface area contributed by atoms with E-state index in [-0.39, 0.29) is 26.3 Å². The zero-order valence-corrected chi connectivity index (χ0v) is 10.4. The van der Waals surface area contributed by atoms with E-state index < -0.39 is 11.6 Å². The van der Waals surface area contributed by atoms with E-state index in [0.717, 1.165) is 6.20 Å². The molecule has 1 nitrogen and oxygen atoms in total. The van der Waals surface area contributed by atoms with Crippen LogP contribution in [-0.2, 0) is 0 Å². The van der Waals surface area contributed by atoms with Gasteiger partial charge in [0.15, 0.2) is 5.82 Å². The standard InChI is InChI=1S/C11H4Cl3F2N/c12-6-1-2-7(13)10(14)9(6)11-8(16)3-5(15)4-17-11/h1-4H. The van der Waals surface area contributed by atoms with Crippen LogP contribution in [0, 0.1) is 11.6 Å². The summed E-state index contributed by atoms with van der Waals surface area (Å²) in [6.45, 7) is 0. The molecule has 0 amide bonds. The summed E-state index contributed by atoms with van der Waals surface area (Å²) in [6, 6.07) is 3.66. The summed E-state index contributed by atoms with van der Waals surface area (Å²) in [5, 5.41) is 0.492. The van der Waals surface area contributed by atoms with Crippen LogP contribution in [0.5, 0.6) is 0 Å². The lowest BCUT2D eigenvalue weighted by Crippen LogP contribution is -1.93. The number of benzene rings is 1. The Morgan fingerprint density at radius 1 is 1.00 bits per heavy atom. The van der Waals surface area contributed by atoms with Crippen molar-refractivity contribution in [2.45, 2.75) is 0 Å². The molecule has 1 aromatic heterocycles. The SMILES string of the molecule is Fc1cnc(-c2c(Cl)ccc(Cl)c2Cl)c(F)c1. The maximum absolute atomic E-state index is 13.6. The lowest BCUT2D eigenvalue weighted by atomic mass is 10.1. The molecule has 6 heteroatoms. The minimum absolute atomic E-state index is 0.0807. The van der Waals surface area contributed by atoms with Crippen LogP contribution in [0.3, 0.4) is 0 Å². The highest BCUT2D eigenvalue weighted by Crippen LogP contribution is 2.39. The van der Waals surface area contributed by atoms with Crippen LogP contribution in [0.15, 0.2) is 24.4 Å². The molecule has 0 N–H and O–H groups in total. The van der Waals surface area contributed by atoms with Gasteiger partial charge < -0.3 is 0 Å². The van der Waals surface area contributed by atoms with Gasteiger partial charge in [-0.25, -0.2) is 13.8 Å². The summed E-state index contributed by atoms with van der Waals surface area (Å²) in [5.41, 5.74) is 0.0160. The number of rotatable bonds is 1. The van der Waals surface area contributed by atoms with E-state index in [1.165, 1.54) is 12.1 Å². The van der Waals surface area contributed by atoms with Gasteiger partial charge in [-0.15, -0.1) is 0 Å². The normalized spacial score (nSPS) is 10.6. The highest BCUT2D eigenvalue weighted by Gasteiger charge is 2.17. The Morgan fingerprint density at radius 2 is 1.65 bits per heavy atom. The first-order chi connectivity index (χ1) is 8.00. The van der Waals surface area contributed by atoms with Gasteiger partial charge in [0, 0.05) is 11.6 Å². The summed E-state index contributed by atoms with van der Waals surface area (Å²) >= 11 is 17.6. The Kier molecular flexibility index (Phi) is 3.52. The molecule has 0 saturated heterocycles. The van der Waals surface area contributed by atoms with E-state index in [9.17, 15) is 8.78 Å². The van der Waals surface area contributed by atoms with Crippen molar-refractivity contribution in [3.05, 3.63) is 51.1 Å². The molecule has 0 aliphatic rings. The van der Waals surface area contributed by atoms with E-state index in [0.29, 0.717) is 6.07 Å². The summed E-state index contributed by atoms with van der Waals surface area (Å²) in [4.78, 5) is 3.63. The minimum atomic E-state index is -0.851. The highest BCUT2D eigenvalue weighted by atomic mass is 35.5. The molecule has 0 atom stereocenters. The second-order valence-electron chi connectivity index (χ2n) is 3.20. The molecule has 88 valence electrons. The molecule has 0 unspecified atom stereocenters. The van der Waals surface area contributed by atoms with Crippen LogP contribution in [0.2, 0.25) is 15.1 Å². The highest BCUT2D eigenvalue weighted by molar-refractivity contribution is 6.46. The van der Waals surface area contributed by atoms with E-state index >= 15 is 0 Å². The average Bonchev–Trinajstić information content (AvgIpc) is 2.27. The van der Waals surface area contributed by atoms with Gasteiger partial charge in [0.1, 0.15) is 11.5 Å². The molecule has 17 heavy (non-hydrogen) atoms. The molecule has 0 saturated carbocycles. The number of hydrogen-bond acceptors (Lipinski definition) is 1. The third-order valence-corrected chi connectivity index (χ3v) is 3.21. The second kappa shape index (κ2) is 4.77. The lowest BCUT2D eigenvalue weighted by molar-refractivity contribution is 0.576. The van der Waals surface area contributed by atoms with Crippen LogP contribution in [-0.4, -0.2) is 4.98 Å². The van der Waals surface area contributed by atoms with Crippen molar-refractivity contribution in [1.29, 1.82) is 0 Å². The second-order valence-corrected chi connectivity index (χ2v) is 4.39. The maximum atomic E-state index is 13.6. The molecule has 2 rings (SSSR count). The number of nitrogens with zero attached hydrogens (tertiary/aromatic N) is 1. The predicted molar refractivity (Wildman–Crippen MR) is 64.6 cm³/mol. The fourth-order valence-electron chi connectivity index (χ4n) is 1.34. The Morgan fingerprint density at radius 3 is 2.29 bits per heavy atom. The van der Waals surface area contributed by atoms with E-state index in [1.54, 1.807) is 0 Å². The molecule has 0 fully saturated rings. The van der Waals surface area contributed by atoms with Crippen molar-refractivity contribution in [2.75, 3.05) is 0 Å². The van der Waals surface area contributed by atoms with Gasteiger partial charge in [-0.3, -0.25) is 0 Å². The van der Waals surface area contributed by atoms with Crippen molar-refractivity contribution in [2.24, 2.45) is 0 Å². The van der Waals surface area contributed by atoms with Crippen LogP contribution >= 0.6 is 34.8 Å². The summed E-state index contributed by atoms with van der Waals surface area (Å²) in [5.74, 6) is -1.63. The first-order valence-corrected chi connectivity index (χ1v) is 5.59. The third-order valence-electron chi connectivity index (χ3n) is 2.09. The summed E-state index contributed by atoms with van der Waals surface area (Å²) in [6.07, 6.45) is 0.881. The molecule has 0 aliphatic carbocycles. The van der Waals surface area contributed by atoms with Gasteiger partial charge in [-0.05, 0) is 12.1 Å². The molecule has 0 radical (unpaired) electrons. The molecule has 2 aromatic rings. The van der Waals surface area contributed by atoms with Crippen LogP contribution in [0.25, 0.3) is 11.3 Å². The Bertz CT molecular complexity index is 587. The number of aromatic nitrogens is 1. The fourth-order valence-corrected chi connectivity index (χ4v) is 2.05. The van der Waals surface area contributed by atoms with Crippen LogP contribution < -0.4 is 0 Å². The Hall–Kier alpha value is -0.900. The molecule has 0 aliphatic heterocycles. The van der Waals surface area contributed by atoms with Crippen molar-refractivity contribution in [3.63, 3.8) is 0 Å². The third kappa shape index (κ3) is 2.37. The van der Waals surface area contributed by atoms with Gasteiger partial charge in [0.25, 0.3) is 0 Å². The van der Waals surface area contributed by atoms with Gasteiger partial charge in [0.05, 0.1) is 21.3 Å². The molecular formula is C11H4Cl3F2N. The topological polar surface area (TPSA) is 12.9 Å². The van der Waals surface area contributed by atoms with Gasteiger partial charge >= 0.3 is 0 Å². The Balaban J connectivity index is 2.72. The van der Waals surface area contributed by atoms with Crippen molar-refractivity contribution < 1.29 is 8.78 Å². The molecule has 1 aromatic carbocycles. The van der Waals surface area contributed by atoms with Gasteiger partial charge in [-0.1, -0.05) is 34.8 Å². The van der Waals surface area contributed by atoms with E-state index in [2.05, 4.69) is 4.98 Å². The van der Waals surface area contributed by atoms with E-state index in [4.69, 9.17) is 34.8 Å². The predicted octanol–water partition coefficient (Wildman–Crippen LogP) is 4.99. The molecule has 0 spiro atoms. The smallest absolute Gasteiger partial charge is 0.152 e. The van der Waals surface area contributed by atoms with Crippen molar-refractivity contribution >= 4 is 34.8 Å². The van der Waals surface area contributed by atoms with Crippen LogP contribution in [0.4, 0.5) is 8.78 Å². The largest absolute Gasteiger partial charge is 0.250 e. The molecule has 0 bridgehead atoms. The van der Waals surface area contributed by atoms with E-state index in [1.807, 2.05) is 0 Å². The molecule has 1 heterocycles. The summed E-state index contributed by atoms with van der Waals surface area (Å²) < 4.78 is 26.3. The van der Waals surface area contributed by atoms with Crippen LogP contribution in [0.1, 0.15) is 0 Å². The zero-order valence-electron chi connectivity index (χ0n) is 8.15. The molecular weight excluding hydrogens is 290 g/mol. The van der Waals surface area contributed by atoms with Gasteiger partial charge in [0.2, 0.25) is 0 Å². The number of pyridine rings is 1.